The first-order chi connectivity index (χ1) is 7.70. The lowest BCUT2D eigenvalue weighted by Crippen LogP contribution is -2.44. The summed E-state index contributed by atoms with van der Waals surface area (Å²) in [7, 11) is 1.83. The van der Waals surface area contributed by atoms with Crippen LogP contribution in [0.2, 0.25) is 0 Å². The van der Waals surface area contributed by atoms with Crippen LogP contribution < -0.4 is 0 Å². The Balaban J connectivity index is 2.06. The van der Waals surface area contributed by atoms with Crippen LogP contribution in [0.4, 0.5) is 0 Å². The minimum Gasteiger partial charge on any atom is -0.336 e. The number of hydrogen-bond acceptors (Lipinski definition) is 3. The third-order valence-electron chi connectivity index (χ3n) is 3.10. The molecule has 1 aliphatic carbocycles. The van der Waals surface area contributed by atoms with Crippen molar-refractivity contribution in [1.82, 2.24) is 20.3 Å². The lowest BCUT2D eigenvalue weighted by Gasteiger charge is -2.34. The van der Waals surface area contributed by atoms with Crippen LogP contribution in [-0.4, -0.2) is 44.1 Å². The van der Waals surface area contributed by atoms with Gasteiger partial charge in [-0.15, -0.1) is 0 Å². The first kappa shape index (κ1) is 11.6. The molecule has 1 aliphatic rings. The van der Waals surface area contributed by atoms with Gasteiger partial charge in [-0.2, -0.15) is 15.4 Å². The zero-order valence-corrected chi connectivity index (χ0v) is 10.8. The average molecular weight is 287 g/mol. The second-order valence-electron chi connectivity index (χ2n) is 4.14. The third-order valence-corrected chi connectivity index (χ3v) is 4.17. The van der Waals surface area contributed by atoms with Crippen LogP contribution >= 0.6 is 15.9 Å². The molecule has 0 aromatic carbocycles. The van der Waals surface area contributed by atoms with Gasteiger partial charge in [-0.25, -0.2) is 0 Å². The number of aromatic amines is 1. The Morgan fingerprint density at radius 1 is 1.56 bits per heavy atom. The number of alkyl halides is 1. The highest BCUT2D eigenvalue weighted by Gasteiger charge is 2.30. The van der Waals surface area contributed by atoms with Gasteiger partial charge in [-0.1, -0.05) is 28.8 Å². The van der Waals surface area contributed by atoms with Crippen molar-refractivity contribution in [3.63, 3.8) is 0 Å². The second-order valence-corrected chi connectivity index (χ2v) is 5.32. The summed E-state index contributed by atoms with van der Waals surface area (Å²) in [5, 5.41) is 9.93. The summed E-state index contributed by atoms with van der Waals surface area (Å²) >= 11 is 3.65. The van der Waals surface area contributed by atoms with E-state index in [2.05, 4.69) is 31.3 Å². The quantitative estimate of drug-likeness (QED) is 0.840. The first-order valence-electron chi connectivity index (χ1n) is 5.47. The highest BCUT2D eigenvalue weighted by atomic mass is 79.9. The number of aromatic nitrogens is 3. The normalized spacial score (nSPS) is 25.4. The maximum Gasteiger partial charge on any atom is 0.276 e. The summed E-state index contributed by atoms with van der Waals surface area (Å²) < 4.78 is 0. The Morgan fingerprint density at radius 3 is 2.94 bits per heavy atom. The third kappa shape index (κ3) is 2.26. The molecule has 16 heavy (non-hydrogen) atoms. The summed E-state index contributed by atoms with van der Waals surface area (Å²) in [5.41, 5.74) is 0.382. The molecule has 6 heteroatoms. The van der Waals surface area contributed by atoms with Crippen molar-refractivity contribution in [1.29, 1.82) is 0 Å². The van der Waals surface area contributed by atoms with E-state index in [1.165, 1.54) is 19.0 Å². The molecule has 2 rings (SSSR count). The van der Waals surface area contributed by atoms with Crippen molar-refractivity contribution in [2.24, 2.45) is 0 Å². The number of carbonyl (C=O) groups is 1. The Labute approximate surface area is 103 Å². The van der Waals surface area contributed by atoms with Crippen molar-refractivity contribution in [2.45, 2.75) is 36.6 Å². The molecular weight excluding hydrogens is 272 g/mol. The lowest BCUT2D eigenvalue weighted by atomic mass is 9.94. The topological polar surface area (TPSA) is 61.9 Å². The van der Waals surface area contributed by atoms with Gasteiger partial charge in [0.25, 0.3) is 5.91 Å². The van der Waals surface area contributed by atoms with E-state index in [-0.39, 0.29) is 11.9 Å². The number of carbonyl (C=O) groups excluding carboxylic acids is 1. The minimum atomic E-state index is -0.0647. The maximum atomic E-state index is 12.0. The Kier molecular flexibility index (Phi) is 3.58. The molecule has 1 aromatic heterocycles. The Hall–Kier alpha value is -0.910. The number of hydrogen-bond donors (Lipinski definition) is 1. The molecule has 0 radical (unpaired) electrons. The fourth-order valence-corrected chi connectivity index (χ4v) is 3.08. The van der Waals surface area contributed by atoms with Crippen molar-refractivity contribution < 1.29 is 4.79 Å². The minimum absolute atomic E-state index is 0.0647. The number of amides is 1. The SMILES string of the molecule is CN(C(=O)c1cn[nH]n1)C1CCCCC1Br. The molecule has 88 valence electrons. The summed E-state index contributed by atoms with van der Waals surface area (Å²) in [6.07, 6.45) is 6.06. The van der Waals surface area contributed by atoms with Gasteiger partial charge in [0.1, 0.15) is 0 Å². The highest BCUT2D eigenvalue weighted by molar-refractivity contribution is 9.09. The van der Waals surface area contributed by atoms with Gasteiger partial charge >= 0.3 is 0 Å². The molecule has 2 unspecified atom stereocenters. The Bertz CT molecular complexity index is 354. The van der Waals surface area contributed by atoms with E-state index in [0.29, 0.717) is 10.5 Å². The lowest BCUT2D eigenvalue weighted by molar-refractivity contribution is 0.0698. The molecule has 1 heterocycles. The molecule has 0 bridgehead atoms. The van der Waals surface area contributed by atoms with E-state index in [1.807, 2.05) is 7.05 Å². The van der Waals surface area contributed by atoms with Crippen molar-refractivity contribution in [3.8, 4) is 0 Å². The second kappa shape index (κ2) is 4.95. The van der Waals surface area contributed by atoms with E-state index < -0.39 is 0 Å². The van der Waals surface area contributed by atoms with Crippen molar-refractivity contribution in [3.05, 3.63) is 11.9 Å². The molecular formula is C10H15BrN4O. The molecule has 1 fully saturated rings. The van der Waals surface area contributed by atoms with E-state index in [9.17, 15) is 4.79 Å². The number of nitrogens with zero attached hydrogens (tertiary/aromatic N) is 3. The molecule has 1 amide bonds. The van der Waals surface area contributed by atoms with E-state index in [4.69, 9.17) is 0 Å². The monoisotopic (exact) mass is 286 g/mol. The summed E-state index contributed by atoms with van der Waals surface area (Å²) in [6, 6.07) is 0.262. The highest BCUT2D eigenvalue weighted by Crippen LogP contribution is 2.28. The van der Waals surface area contributed by atoms with Crippen LogP contribution in [0.25, 0.3) is 0 Å². The van der Waals surface area contributed by atoms with Gasteiger partial charge in [0.15, 0.2) is 5.69 Å². The zero-order valence-electron chi connectivity index (χ0n) is 9.19. The summed E-state index contributed by atoms with van der Waals surface area (Å²) in [6.45, 7) is 0. The van der Waals surface area contributed by atoms with Crippen LogP contribution in [-0.2, 0) is 0 Å². The van der Waals surface area contributed by atoms with E-state index in [0.717, 1.165) is 12.8 Å². The molecule has 0 aliphatic heterocycles. The number of rotatable bonds is 2. The molecule has 0 spiro atoms. The zero-order chi connectivity index (χ0) is 11.5. The molecule has 1 N–H and O–H groups in total. The molecule has 2 atom stereocenters. The Morgan fingerprint density at radius 2 is 2.31 bits per heavy atom. The summed E-state index contributed by atoms with van der Waals surface area (Å²) in [5.74, 6) is -0.0647. The van der Waals surface area contributed by atoms with Gasteiger partial charge in [-0.05, 0) is 12.8 Å². The van der Waals surface area contributed by atoms with Crippen molar-refractivity contribution >= 4 is 21.8 Å². The largest absolute Gasteiger partial charge is 0.336 e. The number of halogens is 1. The average Bonchev–Trinajstić information content (AvgIpc) is 2.81. The fraction of sp³-hybridized carbons (Fsp3) is 0.700. The van der Waals surface area contributed by atoms with E-state index >= 15 is 0 Å². The maximum absolute atomic E-state index is 12.0. The molecule has 0 saturated heterocycles. The van der Waals surface area contributed by atoms with Gasteiger partial charge < -0.3 is 4.90 Å². The van der Waals surface area contributed by atoms with Gasteiger partial charge in [0, 0.05) is 17.9 Å². The van der Waals surface area contributed by atoms with Crippen LogP contribution in [0.1, 0.15) is 36.2 Å². The standard InChI is InChI=1S/C10H15BrN4O/c1-15(9-5-3-2-4-7(9)11)10(16)8-6-12-14-13-8/h6-7,9H,2-5H2,1H3,(H,12,13,14). The van der Waals surface area contributed by atoms with Crippen molar-refractivity contribution in [2.75, 3.05) is 7.05 Å². The predicted molar refractivity (Wildman–Crippen MR) is 63.4 cm³/mol. The van der Waals surface area contributed by atoms with Crippen LogP contribution in [0, 0.1) is 0 Å². The molecule has 1 saturated carbocycles. The fourth-order valence-electron chi connectivity index (χ4n) is 2.14. The predicted octanol–water partition coefficient (Wildman–Crippen LogP) is 1.58. The number of H-pyrrole nitrogens is 1. The molecule has 1 aromatic rings. The smallest absolute Gasteiger partial charge is 0.276 e. The first-order valence-corrected chi connectivity index (χ1v) is 6.38. The van der Waals surface area contributed by atoms with E-state index in [1.54, 1.807) is 4.90 Å². The van der Waals surface area contributed by atoms with Gasteiger partial charge in [0.05, 0.1) is 6.20 Å². The van der Waals surface area contributed by atoms with Crippen LogP contribution in [0.3, 0.4) is 0 Å². The van der Waals surface area contributed by atoms with Crippen LogP contribution in [0.5, 0.6) is 0 Å². The number of nitrogens with one attached hydrogen (secondary N) is 1. The van der Waals surface area contributed by atoms with Gasteiger partial charge in [0.2, 0.25) is 0 Å². The summed E-state index contributed by atoms with van der Waals surface area (Å²) in [4.78, 5) is 14.2. The molecule has 5 nitrogen and oxygen atoms in total. The van der Waals surface area contributed by atoms with Crippen LogP contribution in [0.15, 0.2) is 6.20 Å². The van der Waals surface area contributed by atoms with Gasteiger partial charge in [-0.3, -0.25) is 4.79 Å².